The van der Waals surface area contributed by atoms with Crippen LogP contribution in [0, 0.1) is 0 Å². The molecule has 15 heavy (non-hydrogen) atoms. The monoisotopic (exact) mass is 213 g/mol. The lowest BCUT2D eigenvalue weighted by Gasteiger charge is -2.45. The Morgan fingerprint density at radius 2 is 2.07 bits per heavy atom. The van der Waals surface area contributed by atoms with Crippen LogP contribution in [-0.2, 0) is 0 Å². The quantitative estimate of drug-likeness (QED) is 0.752. The zero-order valence-electron chi connectivity index (χ0n) is 11.0. The Balaban J connectivity index is 2.36. The van der Waals surface area contributed by atoms with Gasteiger partial charge in [0, 0.05) is 24.7 Å². The second-order valence-corrected chi connectivity index (χ2v) is 5.70. The summed E-state index contributed by atoms with van der Waals surface area (Å²) in [4.78, 5) is 4.89. The zero-order valence-corrected chi connectivity index (χ0v) is 11.0. The Bertz CT molecular complexity index is 189. The van der Waals surface area contributed by atoms with Gasteiger partial charge in [0.05, 0.1) is 0 Å². The number of hydrogen-bond acceptors (Lipinski definition) is 3. The maximum atomic E-state index is 3.55. The lowest BCUT2D eigenvalue weighted by molar-refractivity contribution is 0.0672. The Kier molecular flexibility index (Phi) is 4.56. The van der Waals surface area contributed by atoms with Crippen molar-refractivity contribution in [2.24, 2.45) is 0 Å². The van der Waals surface area contributed by atoms with Crippen LogP contribution in [0.2, 0.25) is 0 Å². The van der Waals surface area contributed by atoms with Gasteiger partial charge >= 0.3 is 0 Å². The van der Waals surface area contributed by atoms with Gasteiger partial charge in [-0.3, -0.25) is 4.90 Å². The summed E-state index contributed by atoms with van der Waals surface area (Å²) in [6, 6.07) is 0.636. The highest BCUT2D eigenvalue weighted by Crippen LogP contribution is 2.18. The number of nitrogens with zero attached hydrogens (tertiary/aromatic N) is 2. The van der Waals surface area contributed by atoms with Crippen molar-refractivity contribution in [3.8, 4) is 0 Å². The molecule has 1 aliphatic heterocycles. The topological polar surface area (TPSA) is 18.5 Å². The highest BCUT2D eigenvalue weighted by molar-refractivity contribution is 4.91. The molecule has 1 fully saturated rings. The maximum absolute atomic E-state index is 3.55. The summed E-state index contributed by atoms with van der Waals surface area (Å²) < 4.78 is 0. The minimum absolute atomic E-state index is 0.318. The van der Waals surface area contributed by atoms with Gasteiger partial charge < -0.3 is 10.2 Å². The fourth-order valence-corrected chi connectivity index (χ4v) is 2.15. The summed E-state index contributed by atoms with van der Waals surface area (Å²) in [6.07, 6.45) is 1.27. The Labute approximate surface area is 94.8 Å². The molecule has 1 saturated heterocycles. The first kappa shape index (κ1) is 12.9. The van der Waals surface area contributed by atoms with Crippen molar-refractivity contribution in [1.82, 2.24) is 15.1 Å². The summed E-state index contributed by atoms with van der Waals surface area (Å²) in [7, 11) is 4.29. The molecule has 0 aromatic heterocycles. The molecule has 0 bridgehead atoms. The molecule has 0 radical (unpaired) electrons. The molecule has 1 heterocycles. The van der Waals surface area contributed by atoms with Crippen molar-refractivity contribution in [2.75, 3.05) is 40.3 Å². The molecule has 3 nitrogen and oxygen atoms in total. The molecule has 0 amide bonds. The minimum Gasteiger partial charge on any atom is -0.311 e. The van der Waals surface area contributed by atoms with Crippen LogP contribution in [0.5, 0.6) is 0 Å². The highest BCUT2D eigenvalue weighted by Gasteiger charge is 2.31. The van der Waals surface area contributed by atoms with E-state index in [4.69, 9.17) is 0 Å². The van der Waals surface area contributed by atoms with Gasteiger partial charge in [-0.05, 0) is 54.4 Å². The van der Waals surface area contributed by atoms with Gasteiger partial charge in [0.15, 0.2) is 0 Å². The molecule has 0 aromatic carbocycles. The van der Waals surface area contributed by atoms with Crippen molar-refractivity contribution in [2.45, 2.75) is 38.8 Å². The first-order valence-corrected chi connectivity index (χ1v) is 6.05. The Hall–Kier alpha value is -0.120. The van der Waals surface area contributed by atoms with Gasteiger partial charge in [0.1, 0.15) is 0 Å². The molecular formula is C12H27N3. The van der Waals surface area contributed by atoms with Crippen LogP contribution in [0.4, 0.5) is 0 Å². The first-order chi connectivity index (χ1) is 6.92. The van der Waals surface area contributed by atoms with E-state index in [1.165, 1.54) is 26.1 Å². The van der Waals surface area contributed by atoms with E-state index in [0.717, 1.165) is 6.54 Å². The maximum Gasteiger partial charge on any atom is 0.0278 e. The predicted octanol–water partition coefficient (Wildman–Crippen LogP) is 1.01. The molecular weight excluding hydrogens is 186 g/mol. The number of rotatable bonds is 4. The molecule has 0 aromatic rings. The first-order valence-electron chi connectivity index (χ1n) is 6.05. The number of piperazine rings is 1. The molecule has 90 valence electrons. The van der Waals surface area contributed by atoms with Gasteiger partial charge in [-0.25, -0.2) is 0 Å². The fourth-order valence-electron chi connectivity index (χ4n) is 2.15. The van der Waals surface area contributed by atoms with E-state index in [1.54, 1.807) is 0 Å². The van der Waals surface area contributed by atoms with Crippen LogP contribution in [0.15, 0.2) is 0 Å². The van der Waals surface area contributed by atoms with Gasteiger partial charge in [-0.1, -0.05) is 0 Å². The van der Waals surface area contributed by atoms with Crippen molar-refractivity contribution < 1.29 is 0 Å². The van der Waals surface area contributed by atoms with E-state index in [1.807, 2.05) is 0 Å². The zero-order chi connectivity index (χ0) is 11.5. The summed E-state index contributed by atoms with van der Waals surface area (Å²) in [5.74, 6) is 0. The summed E-state index contributed by atoms with van der Waals surface area (Å²) in [6.45, 7) is 11.6. The van der Waals surface area contributed by atoms with Crippen LogP contribution < -0.4 is 5.32 Å². The van der Waals surface area contributed by atoms with Crippen molar-refractivity contribution in [3.63, 3.8) is 0 Å². The smallest absolute Gasteiger partial charge is 0.0278 e. The largest absolute Gasteiger partial charge is 0.311 e. The molecule has 0 saturated carbocycles. The van der Waals surface area contributed by atoms with Gasteiger partial charge in [-0.2, -0.15) is 0 Å². The second-order valence-electron chi connectivity index (χ2n) is 5.70. The SMILES string of the molecule is CC1CN(CCCN(C)C)C(C)(C)CN1. The minimum atomic E-state index is 0.318. The van der Waals surface area contributed by atoms with E-state index in [2.05, 4.69) is 50.0 Å². The molecule has 1 unspecified atom stereocenters. The van der Waals surface area contributed by atoms with E-state index in [-0.39, 0.29) is 0 Å². The lowest BCUT2D eigenvalue weighted by Crippen LogP contribution is -2.61. The van der Waals surface area contributed by atoms with Crippen LogP contribution in [-0.4, -0.2) is 61.7 Å². The van der Waals surface area contributed by atoms with Gasteiger partial charge in [-0.15, -0.1) is 0 Å². The summed E-state index contributed by atoms with van der Waals surface area (Å²) in [5.41, 5.74) is 0.318. The van der Waals surface area contributed by atoms with E-state index in [0.29, 0.717) is 11.6 Å². The molecule has 3 heteroatoms. The van der Waals surface area contributed by atoms with E-state index >= 15 is 0 Å². The molecule has 1 rings (SSSR count). The summed E-state index contributed by atoms with van der Waals surface area (Å²) in [5, 5.41) is 3.55. The van der Waals surface area contributed by atoms with Crippen molar-refractivity contribution in [1.29, 1.82) is 0 Å². The van der Waals surface area contributed by atoms with Gasteiger partial charge in [0.25, 0.3) is 0 Å². The third-order valence-electron chi connectivity index (χ3n) is 3.27. The van der Waals surface area contributed by atoms with Crippen LogP contribution >= 0.6 is 0 Å². The standard InChI is InChI=1S/C12H27N3/c1-11-9-15(8-6-7-14(4)5)12(2,3)10-13-11/h11,13H,6-10H2,1-5H3. The average molecular weight is 213 g/mol. The van der Waals surface area contributed by atoms with Crippen molar-refractivity contribution in [3.05, 3.63) is 0 Å². The third-order valence-corrected chi connectivity index (χ3v) is 3.27. The number of hydrogen-bond donors (Lipinski definition) is 1. The Morgan fingerprint density at radius 3 is 2.67 bits per heavy atom. The van der Waals surface area contributed by atoms with E-state index < -0.39 is 0 Å². The molecule has 1 aliphatic rings. The van der Waals surface area contributed by atoms with Gasteiger partial charge in [0.2, 0.25) is 0 Å². The molecule has 1 atom stereocenters. The molecule has 0 spiro atoms. The van der Waals surface area contributed by atoms with Crippen LogP contribution in [0.3, 0.4) is 0 Å². The van der Waals surface area contributed by atoms with Crippen molar-refractivity contribution >= 4 is 0 Å². The highest BCUT2D eigenvalue weighted by atomic mass is 15.3. The average Bonchev–Trinajstić information content (AvgIpc) is 2.11. The normalized spacial score (nSPS) is 27.2. The fraction of sp³-hybridized carbons (Fsp3) is 1.00. The van der Waals surface area contributed by atoms with E-state index in [9.17, 15) is 0 Å². The lowest BCUT2D eigenvalue weighted by atomic mass is 9.97. The third kappa shape index (κ3) is 4.09. The summed E-state index contributed by atoms with van der Waals surface area (Å²) >= 11 is 0. The predicted molar refractivity (Wildman–Crippen MR) is 66.3 cm³/mol. The molecule has 0 aliphatic carbocycles. The number of nitrogens with one attached hydrogen (secondary N) is 1. The second kappa shape index (κ2) is 5.28. The van der Waals surface area contributed by atoms with Crippen LogP contribution in [0.1, 0.15) is 27.2 Å². The Morgan fingerprint density at radius 1 is 1.40 bits per heavy atom. The molecule has 1 N–H and O–H groups in total. The van der Waals surface area contributed by atoms with Crippen LogP contribution in [0.25, 0.3) is 0 Å².